The SMILES string of the molecule is CCCNC(CO)(CN(C)C1CCCN(C)C1)C1CC1. The molecule has 118 valence electrons. The monoisotopic (exact) mass is 283 g/mol. The van der Waals surface area contributed by atoms with Crippen LogP contribution in [0.15, 0.2) is 0 Å². The molecule has 0 aromatic heterocycles. The summed E-state index contributed by atoms with van der Waals surface area (Å²) in [7, 11) is 4.46. The van der Waals surface area contributed by atoms with E-state index in [0.717, 1.165) is 26.1 Å². The second-order valence-corrected chi connectivity index (χ2v) is 6.99. The summed E-state index contributed by atoms with van der Waals surface area (Å²) in [6, 6.07) is 0.641. The lowest BCUT2D eigenvalue weighted by Crippen LogP contribution is -2.60. The molecule has 2 unspecified atom stereocenters. The van der Waals surface area contributed by atoms with Crippen LogP contribution < -0.4 is 5.32 Å². The van der Waals surface area contributed by atoms with E-state index in [1.165, 1.54) is 32.2 Å². The van der Waals surface area contributed by atoms with Crippen LogP contribution in [-0.4, -0.2) is 73.4 Å². The Morgan fingerprint density at radius 1 is 1.35 bits per heavy atom. The third-order valence-electron chi connectivity index (χ3n) is 5.12. The number of hydrogen-bond acceptors (Lipinski definition) is 4. The summed E-state index contributed by atoms with van der Waals surface area (Å²) in [5.41, 5.74) is -0.0687. The highest BCUT2D eigenvalue weighted by atomic mass is 16.3. The number of likely N-dealkylation sites (tertiary alicyclic amines) is 1. The second kappa shape index (κ2) is 7.21. The van der Waals surface area contributed by atoms with Gasteiger partial charge >= 0.3 is 0 Å². The van der Waals surface area contributed by atoms with E-state index in [9.17, 15) is 5.11 Å². The number of likely N-dealkylation sites (N-methyl/N-ethyl adjacent to an activating group) is 2. The van der Waals surface area contributed by atoms with Gasteiger partial charge in [-0.2, -0.15) is 0 Å². The van der Waals surface area contributed by atoms with Gasteiger partial charge in [0.1, 0.15) is 0 Å². The first-order chi connectivity index (χ1) is 9.61. The van der Waals surface area contributed by atoms with Crippen LogP contribution in [0.25, 0.3) is 0 Å². The lowest BCUT2D eigenvalue weighted by Gasteiger charge is -2.42. The first-order valence-corrected chi connectivity index (χ1v) is 8.36. The van der Waals surface area contributed by atoms with Crippen molar-refractivity contribution in [1.29, 1.82) is 0 Å². The minimum atomic E-state index is -0.0687. The summed E-state index contributed by atoms with van der Waals surface area (Å²) in [6.07, 6.45) is 6.26. The van der Waals surface area contributed by atoms with E-state index in [-0.39, 0.29) is 12.1 Å². The van der Waals surface area contributed by atoms with Crippen LogP contribution >= 0.6 is 0 Å². The first-order valence-electron chi connectivity index (χ1n) is 8.36. The predicted octanol–water partition coefficient (Wildman–Crippen LogP) is 1.15. The quantitative estimate of drug-likeness (QED) is 0.701. The molecule has 1 aliphatic carbocycles. The van der Waals surface area contributed by atoms with Gasteiger partial charge in [-0.3, -0.25) is 0 Å². The van der Waals surface area contributed by atoms with Crippen molar-refractivity contribution >= 4 is 0 Å². The van der Waals surface area contributed by atoms with Crippen LogP contribution in [-0.2, 0) is 0 Å². The Labute approximate surface area is 124 Å². The summed E-state index contributed by atoms with van der Waals surface area (Å²) in [5, 5.41) is 13.7. The molecular formula is C16H33N3O. The highest BCUT2D eigenvalue weighted by molar-refractivity contribution is 5.03. The van der Waals surface area contributed by atoms with Crippen molar-refractivity contribution in [2.75, 3.05) is 46.9 Å². The van der Waals surface area contributed by atoms with Gasteiger partial charge in [-0.05, 0) is 65.2 Å². The molecule has 0 aromatic carbocycles. The Hall–Kier alpha value is -0.160. The highest BCUT2D eigenvalue weighted by Crippen LogP contribution is 2.40. The van der Waals surface area contributed by atoms with Gasteiger partial charge in [-0.1, -0.05) is 6.92 Å². The summed E-state index contributed by atoms with van der Waals surface area (Å²) in [4.78, 5) is 4.93. The highest BCUT2D eigenvalue weighted by Gasteiger charge is 2.45. The molecule has 0 aromatic rings. The molecule has 1 saturated carbocycles. The van der Waals surface area contributed by atoms with E-state index in [4.69, 9.17) is 0 Å². The average molecular weight is 283 g/mol. The largest absolute Gasteiger partial charge is 0.394 e. The van der Waals surface area contributed by atoms with Gasteiger partial charge in [0.05, 0.1) is 12.1 Å². The Morgan fingerprint density at radius 3 is 2.65 bits per heavy atom. The van der Waals surface area contributed by atoms with Crippen molar-refractivity contribution < 1.29 is 5.11 Å². The predicted molar refractivity (Wildman–Crippen MR) is 84.0 cm³/mol. The Kier molecular flexibility index (Phi) is 5.84. The third kappa shape index (κ3) is 3.94. The molecule has 1 heterocycles. The number of nitrogens with one attached hydrogen (secondary N) is 1. The summed E-state index contributed by atoms with van der Waals surface area (Å²) in [5.74, 6) is 0.669. The summed E-state index contributed by atoms with van der Waals surface area (Å²) < 4.78 is 0. The van der Waals surface area contributed by atoms with Crippen molar-refractivity contribution in [3.05, 3.63) is 0 Å². The van der Waals surface area contributed by atoms with Crippen molar-refractivity contribution in [2.45, 2.75) is 50.6 Å². The molecule has 0 radical (unpaired) electrons. The molecule has 2 atom stereocenters. The Morgan fingerprint density at radius 2 is 2.10 bits per heavy atom. The van der Waals surface area contributed by atoms with Gasteiger partial charge in [0.2, 0.25) is 0 Å². The maximum absolute atomic E-state index is 10.0. The fourth-order valence-corrected chi connectivity index (χ4v) is 3.65. The number of piperidine rings is 1. The number of hydrogen-bond donors (Lipinski definition) is 2. The third-order valence-corrected chi connectivity index (χ3v) is 5.12. The minimum Gasteiger partial charge on any atom is -0.394 e. The Bertz CT molecular complexity index is 295. The molecule has 2 aliphatic rings. The number of aliphatic hydroxyl groups excluding tert-OH is 1. The first kappa shape index (κ1) is 16.2. The van der Waals surface area contributed by atoms with Gasteiger partial charge in [0, 0.05) is 19.1 Å². The molecule has 0 amide bonds. The maximum Gasteiger partial charge on any atom is 0.0628 e. The van der Waals surface area contributed by atoms with Crippen LogP contribution in [0.3, 0.4) is 0 Å². The van der Waals surface area contributed by atoms with E-state index < -0.39 is 0 Å². The topological polar surface area (TPSA) is 38.7 Å². The molecular weight excluding hydrogens is 250 g/mol. The molecule has 0 bridgehead atoms. The fourth-order valence-electron chi connectivity index (χ4n) is 3.65. The van der Waals surface area contributed by atoms with Crippen LogP contribution in [0.1, 0.15) is 39.0 Å². The zero-order valence-electron chi connectivity index (χ0n) is 13.6. The average Bonchev–Trinajstić information content (AvgIpc) is 3.28. The maximum atomic E-state index is 10.0. The van der Waals surface area contributed by atoms with E-state index in [2.05, 4.69) is 36.1 Å². The van der Waals surface area contributed by atoms with Crippen molar-refractivity contribution in [3.8, 4) is 0 Å². The number of nitrogens with zero attached hydrogens (tertiary/aromatic N) is 2. The lowest BCUT2D eigenvalue weighted by atomic mass is 9.91. The molecule has 4 heteroatoms. The summed E-state index contributed by atoms with van der Waals surface area (Å²) in [6.45, 7) is 6.84. The van der Waals surface area contributed by atoms with Crippen molar-refractivity contribution in [3.63, 3.8) is 0 Å². The van der Waals surface area contributed by atoms with Crippen molar-refractivity contribution in [2.24, 2.45) is 5.92 Å². The standard InChI is InChI=1S/C16H33N3O/c1-4-9-17-16(13-20,14-7-8-14)12-19(3)15-6-5-10-18(2)11-15/h14-15,17,20H,4-13H2,1-3H3. The fraction of sp³-hybridized carbons (Fsp3) is 1.00. The smallest absolute Gasteiger partial charge is 0.0628 e. The molecule has 1 saturated heterocycles. The van der Waals surface area contributed by atoms with E-state index in [1.54, 1.807) is 0 Å². The van der Waals surface area contributed by atoms with E-state index >= 15 is 0 Å². The van der Waals surface area contributed by atoms with Gasteiger partial charge < -0.3 is 20.2 Å². The lowest BCUT2D eigenvalue weighted by molar-refractivity contribution is 0.0615. The van der Waals surface area contributed by atoms with Crippen molar-refractivity contribution in [1.82, 2.24) is 15.1 Å². The van der Waals surface area contributed by atoms with E-state index in [0.29, 0.717) is 12.0 Å². The zero-order valence-corrected chi connectivity index (χ0v) is 13.6. The zero-order chi connectivity index (χ0) is 14.6. The van der Waals surface area contributed by atoms with E-state index in [1.807, 2.05) is 0 Å². The molecule has 20 heavy (non-hydrogen) atoms. The van der Waals surface area contributed by atoms with Gasteiger partial charge in [0.15, 0.2) is 0 Å². The van der Waals surface area contributed by atoms with Crippen LogP contribution in [0.5, 0.6) is 0 Å². The van der Waals surface area contributed by atoms with Crippen LogP contribution in [0, 0.1) is 5.92 Å². The van der Waals surface area contributed by atoms with Crippen LogP contribution in [0.2, 0.25) is 0 Å². The van der Waals surface area contributed by atoms with Gasteiger partial charge in [-0.25, -0.2) is 0 Å². The Balaban J connectivity index is 1.95. The molecule has 2 N–H and O–H groups in total. The number of aliphatic hydroxyl groups is 1. The molecule has 2 fully saturated rings. The molecule has 1 aliphatic heterocycles. The normalized spacial score (nSPS) is 27.8. The minimum absolute atomic E-state index is 0.0687. The number of rotatable bonds is 8. The van der Waals surface area contributed by atoms with Gasteiger partial charge in [-0.15, -0.1) is 0 Å². The van der Waals surface area contributed by atoms with Gasteiger partial charge in [0.25, 0.3) is 0 Å². The molecule has 2 rings (SSSR count). The molecule has 0 spiro atoms. The summed E-state index contributed by atoms with van der Waals surface area (Å²) >= 11 is 0. The second-order valence-electron chi connectivity index (χ2n) is 6.99. The van der Waals surface area contributed by atoms with Crippen LogP contribution in [0.4, 0.5) is 0 Å². The molecule has 4 nitrogen and oxygen atoms in total.